The van der Waals surface area contributed by atoms with E-state index >= 15 is 4.39 Å². The Morgan fingerprint density at radius 1 is 1.00 bits per heavy atom. The van der Waals surface area contributed by atoms with Crippen LogP contribution in [-0.4, -0.2) is 42.9 Å². The van der Waals surface area contributed by atoms with Crippen molar-refractivity contribution in [3.8, 4) is 0 Å². The first-order valence-electron chi connectivity index (χ1n) is 10.8. The van der Waals surface area contributed by atoms with Gasteiger partial charge >= 0.3 is 24.6 Å². The first-order valence-corrected chi connectivity index (χ1v) is 11.6. The lowest BCUT2D eigenvalue weighted by molar-refractivity contribution is -0.140. The van der Waals surface area contributed by atoms with E-state index in [4.69, 9.17) is 23.2 Å². The van der Waals surface area contributed by atoms with Crippen LogP contribution >= 0.6 is 23.2 Å². The molecular weight excluding hydrogens is 623 g/mol. The number of carbonyl (C=O) groups is 2. The zero-order chi connectivity index (χ0) is 31.5. The Bertz CT molecular complexity index is 1330. The summed E-state index contributed by atoms with van der Waals surface area (Å²) < 4.78 is 134. The van der Waals surface area contributed by atoms with Crippen LogP contribution in [0.1, 0.15) is 38.5 Å². The van der Waals surface area contributed by atoms with Gasteiger partial charge in [-0.2, -0.15) is 39.5 Å². The Morgan fingerprint density at radius 2 is 1.56 bits per heavy atom. The Morgan fingerprint density at radius 3 is 2.02 bits per heavy atom. The van der Waals surface area contributed by atoms with Gasteiger partial charge in [-0.15, -0.1) is 0 Å². The third-order valence-electron chi connectivity index (χ3n) is 5.19. The van der Waals surface area contributed by atoms with Crippen LogP contribution in [0, 0.1) is 0 Å². The van der Waals surface area contributed by atoms with Gasteiger partial charge in [0.1, 0.15) is 18.3 Å². The Hall–Kier alpha value is -3.46. The van der Waals surface area contributed by atoms with E-state index in [9.17, 15) is 49.1 Å². The van der Waals surface area contributed by atoms with Crippen molar-refractivity contribution in [2.45, 2.75) is 24.4 Å². The van der Waals surface area contributed by atoms with Crippen molar-refractivity contribution in [2.24, 2.45) is 0 Å². The lowest BCUT2D eigenvalue weighted by atomic mass is 9.94. The van der Waals surface area contributed by atoms with Crippen LogP contribution in [0.5, 0.6) is 0 Å². The highest BCUT2D eigenvalue weighted by atomic mass is 35.5. The summed E-state index contributed by atoms with van der Waals surface area (Å²) in [6.07, 6.45) is -14.2. The maximum Gasteiger partial charge on any atom is 0.417 e. The number of halogens is 12. The number of hydrogen-bond donors (Lipinski definition) is 2. The highest BCUT2D eigenvalue weighted by Gasteiger charge is 2.41. The summed E-state index contributed by atoms with van der Waals surface area (Å²) in [5, 5.41) is 0.984. The highest BCUT2D eigenvalue weighted by molar-refractivity contribution is 6.37. The van der Waals surface area contributed by atoms with Crippen LogP contribution in [0.3, 0.4) is 0 Å². The molecule has 0 spiro atoms. The summed E-state index contributed by atoms with van der Waals surface area (Å²) in [7, 11) is 0.727. The quantitative estimate of drug-likeness (QED) is 0.247. The van der Waals surface area contributed by atoms with Gasteiger partial charge in [-0.05, 0) is 35.9 Å². The number of allylic oxidation sites excluding steroid dienone is 1. The van der Waals surface area contributed by atoms with Crippen molar-refractivity contribution in [3.05, 3.63) is 80.8 Å². The molecule has 41 heavy (non-hydrogen) atoms. The first-order chi connectivity index (χ1) is 18.7. The summed E-state index contributed by atoms with van der Waals surface area (Å²) in [5.74, 6) is -6.11. The molecule has 0 bridgehead atoms. The van der Waals surface area contributed by atoms with E-state index in [0.717, 1.165) is 25.3 Å². The molecule has 1 atom stereocenters. The molecule has 0 saturated carbocycles. The number of rotatable bonds is 6. The molecule has 0 aromatic heterocycles. The highest BCUT2D eigenvalue weighted by Crippen LogP contribution is 2.42. The molecule has 2 rings (SSSR count). The van der Waals surface area contributed by atoms with Gasteiger partial charge in [0.05, 0.1) is 11.1 Å². The molecule has 1 unspecified atom stereocenters. The molecular formula is C24H17Cl2F10N3O2. The van der Waals surface area contributed by atoms with Crippen molar-refractivity contribution >= 4 is 47.0 Å². The van der Waals surface area contributed by atoms with Crippen LogP contribution in [0.4, 0.5) is 48.7 Å². The molecule has 5 nitrogen and oxygen atoms in total. The molecule has 0 aliphatic carbocycles. The molecule has 0 saturated heterocycles. The molecule has 17 heteroatoms. The second-order valence-electron chi connectivity index (χ2n) is 8.17. The van der Waals surface area contributed by atoms with Crippen LogP contribution in [0.15, 0.2) is 43.0 Å². The number of benzene rings is 2. The van der Waals surface area contributed by atoms with Crippen molar-refractivity contribution < 1.29 is 53.5 Å². The molecule has 0 aliphatic rings. The predicted octanol–water partition coefficient (Wildman–Crippen LogP) is 8.16. The summed E-state index contributed by atoms with van der Waals surface area (Å²) in [6.45, 7) is 1.60. The third kappa shape index (κ3) is 9.01. The molecule has 2 aromatic rings. The van der Waals surface area contributed by atoms with Gasteiger partial charge in [0.15, 0.2) is 0 Å². The van der Waals surface area contributed by atoms with Crippen molar-refractivity contribution in [1.29, 1.82) is 0 Å². The number of alkyl halides is 9. The van der Waals surface area contributed by atoms with Gasteiger partial charge in [-0.3, -0.25) is 10.2 Å². The molecule has 0 radical (unpaired) electrons. The maximum atomic E-state index is 15.0. The molecule has 3 amide bonds. The summed E-state index contributed by atoms with van der Waals surface area (Å²) in [6, 6.07) is 1.17. The van der Waals surface area contributed by atoms with E-state index in [2.05, 4.69) is 6.58 Å². The van der Waals surface area contributed by atoms with Crippen LogP contribution in [0.25, 0.3) is 11.9 Å². The largest absolute Gasteiger partial charge is 0.417 e. The van der Waals surface area contributed by atoms with Crippen LogP contribution < -0.4 is 10.7 Å². The number of amides is 3. The van der Waals surface area contributed by atoms with Gasteiger partial charge in [0.2, 0.25) is 0 Å². The van der Waals surface area contributed by atoms with Crippen molar-refractivity contribution in [1.82, 2.24) is 15.8 Å². The fraction of sp³-hybridized carbons (Fsp3) is 0.250. The monoisotopic (exact) mass is 639 g/mol. The lowest BCUT2D eigenvalue weighted by Crippen LogP contribution is -2.50. The number of nitrogens with zero attached hydrogens (tertiary/aromatic N) is 1. The number of carbonyl (C=O) groups excluding carboxylic acids is 2. The lowest BCUT2D eigenvalue weighted by Gasteiger charge is -2.21. The second-order valence-corrected chi connectivity index (χ2v) is 8.98. The maximum absolute atomic E-state index is 15.0. The molecule has 0 fully saturated rings. The smallest absolute Gasteiger partial charge is 0.327 e. The zero-order valence-corrected chi connectivity index (χ0v) is 21.8. The van der Waals surface area contributed by atoms with E-state index in [0.29, 0.717) is 12.1 Å². The van der Waals surface area contributed by atoms with E-state index < -0.39 is 71.0 Å². The van der Waals surface area contributed by atoms with Crippen molar-refractivity contribution in [3.63, 3.8) is 0 Å². The molecule has 2 aromatic carbocycles. The fourth-order valence-corrected chi connectivity index (χ4v) is 3.94. The minimum Gasteiger partial charge on any atom is -0.327 e. The molecule has 0 heterocycles. The number of hydrazine groups is 1. The summed E-state index contributed by atoms with van der Waals surface area (Å²) in [5.41, 5.74) is -2.96. The number of nitrogens with one attached hydrogen (secondary N) is 2. The predicted molar refractivity (Wildman–Crippen MR) is 131 cm³/mol. The fourth-order valence-electron chi connectivity index (χ4n) is 3.28. The normalized spacial score (nSPS) is 13.4. The van der Waals surface area contributed by atoms with Gasteiger partial charge in [-0.25, -0.2) is 14.2 Å². The van der Waals surface area contributed by atoms with E-state index in [1.807, 2.05) is 0 Å². The third-order valence-corrected chi connectivity index (χ3v) is 5.81. The van der Waals surface area contributed by atoms with Gasteiger partial charge < -0.3 is 5.32 Å². The average molecular weight is 640 g/mol. The van der Waals surface area contributed by atoms with Crippen LogP contribution in [0.2, 0.25) is 10.0 Å². The summed E-state index contributed by atoms with van der Waals surface area (Å²) >= 11 is 11.8. The van der Waals surface area contributed by atoms with Gasteiger partial charge in [-0.1, -0.05) is 41.9 Å². The minimum atomic E-state index is -5.36. The Labute approximate surface area is 235 Å². The first kappa shape index (κ1) is 33.7. The van der Waals surface area contributed by atoms with Gasteiger partial charge in [0, 0.05) is 28.2 Å². The average Bonchev–Trinajstić information content (AvgIpc) is 2.83. The minimum absolute atomic E-state index is 0.0103. The van der Waals surface area contributed by atoms with E-state index in [-0.39, 0.29) is 32.8 Å². The van der Waals surface area contributed by atoms with Crippen LogP contribution in [-0.2, 0) is 6.18 Å². The summed E-state index contributed by atoms with van der Waals surface area (Å²) in [4.78, 5) is 24.0. The standard InChI is InChI=1S/C24H17Cl2F10N3O2/c1-3-13-17(25)7-12(8-18(13)26)15(23(31,32)33)9-19(27)11-4-5-14(16(6-11)24(34,35)36)20(40)38-39(2)21(41)37-10-22(28,29)30/h3-9,15H,1,10H2,2H3,(H,37,41)(H,38,40)/b19-9-. The van der Waals surface area contributed by atoms with Gasteiger partial charge in [0.25, 0.3) is 5.91 Å². The molecule has 0 aliphatic heterocycles. The van der Waals surface area contributed by atoms with E-state index in [1.165, 1.54) is 5.32 Å². The Balaban J connectivity index is 2.47. The number of urea groups is 1. The molecule has 224 valence electrons. The zero-order valence-electron chi connectivity index (χ0n) is 20.3. The van der Waals surface area contributed by atoms with E-state index in [1.54, 1.807) is 5.43 Å². The number of hydrogen-bond acceptors (Lipinski definition) is 2. The SMILES string of the molecule is C=Cc1c(Cl)cc(C(/C=C(\F)c2ccc(C(=O)NN(C)C(=O)NCC(F)(F)F)c(C(F)(F)F)c2)C(F)(F)F)cc1Cl. The molecule has 2 N–H and O–H groups in total. The van der Waals surface area contributed by atoms with Crippen molar-refractivity contribution in [2.75, 3.05) is 13.6 Å². The topological polar surface area (TPSA) is 61.4 Å². The second kappa shape index (κ2) is 12.6. The Kier molecular flexibility index (Phi) is 10.4.